The second-order valence-electron chi connectivity index (χ2n) is 2.89. The summed E-state index contributed by atoms with van der Waals surface area (Å²) >= 11 is 0. The molecule has 74 valence electrons. The first-order valence-electron chi connectivity index (χ1n) is 4.18. The van der Waals surface area contributed by atoms with E-state index in [0.29, 0.717) is 6.42 Å². The van der Waals surface area contributed by atoms with Crippen molar-refractivity contribution in [1.29, 1.82) is 0 Å². The van der Waals surface area contributed by atoms with E-state index in [4.69, 9.17) is 5.11 Å². The Bertz CT molecular complexity index is 201. The maximum atomic E-state index is 11.0. The summed E-state index contributed by atoms with van der Waals surface area (Å²) in [5, 5.41) is 11.0. The highest BCUT2D eigenvalue weighted by atomic mass is 16.4. The van der Waals surface area contributed by atoms with Crippen molar-refractivity contribution < 1.29 is 14.7 Å². The van der Waals surface area contributed by atoms with Crippen molar-refractivity contribution in [2.75, 3.05) is 0 Å². The molecule has 0 saturated carbocycles. The van der Waals surface area contributed by atoms with Crippen LogP contribution in [0.4, 0.5) is 0 Å². The van der Waals surface area contributed by atoms with Crippen LogP contribution >= 0.6 is 0 Å². The number of hydrogen-bond acceptors (Lipinski definition) is 2. The van der Waals surface area contributed by atoms with Gasteiger partial charge in [-0.05, 0) is 13.3 Å². The molecule has 0 aromatic rings. The lowest BCUT2D eigenvalue weighted by molar-refractivity contribution is -0.138. The largest absolute Gasteiger partial charge is 0.481 e. The van der Waals surface area contributed by atoms with Crippen LogP contribution in [-0.2, 0) is 9.59 Å². The van der Waals surface area contributed by atoms with Gasteiger partial charge in [-0.2, -0.15) is 0 Å². The van der Waals surface area contributed by atoms with Crippen molar-refractivity contribution in [2.45, 2.75) is 32.2 Å². The van der Waals surface area contributed by atoms with Gasteiger partial charge in [-0.3, -0.25) is 9.59 Å². The van der Waals surface area contributed by atoms with Crippen molar-refractivity contribution >= 4 is 11.9 Å². The molecule has 0 aromatic carbocycles. The van der Waals surface area contributed by atoms with E-state index in [2.05, 4.69) is 11.9 Å². The van der Waals surface area contributed by atoms with E-state index >= 15 is 0 Å². The molecule has 1 unspecified atom stereocenters. The van der Waals surface area contributed by atoms with Crippen LogP contribution in [0.2, 0.25) is 0 Å². The molecular formula is C9H15NO3. The third kappa shape index (κ3) is 7.05. The Hall–Kier alpha value is -1.32. The molecule has 4 heteroatoms. The predicted octanol–water partition coefficient (Wildman–Crippen LogP) is 0.932. The van der Waals surface area contributed by atoms with Crippen molar-refractivity contribution in [3.05, 3.63) is 12.7 Å². The van der Waals surface area contributed by atoms with Crippen molar-refractivity contribution in [2.24, 2.45) is 0 Å². The molecule has 0 aliphatic heterocycles. The number of amides is 1. The second-order valence-corrected chi connectivity index (χ2v) is 2.89. The summed E-state index contributed by atoms with van der Waals surface area (Å²) in [6.07, 6.45) is 2.32. The van der Waals surface area contributed by atoms with E-state index in [0.717, 1.165) is 0 Å². The molecule has 0 bridgehead atoms. The van der Waals surface area contributed by atoms with Gasteiger partial charge in [0.05, 0.1) is 6.42 Å². The molecular weight excluding hydrogens is 170 g/mol. The quantitative estimate of drug-likeness (QED) is 0.605. The summed E-state index contributed by atoms with van der Waals surface area (Å²) in [7, 11) is 0. The molecule has 1 amide bonds. The van der Waals surface area contributed by atoms with Gasteiger partial charge in [0.25, 0.3) is 0 Å². The zero-order valence-electron chi connectivity index (χ0n) is 7.75. The monoisotopic (exact) mass is 185 g/mol. The van der Waals surface area contributed by atoms with Gasteiger partial charge in [0.15, 0.2) is 0 Å². The van der Waals surface area contributed by atoms with Crippen LogP contribution in [0.3, 0.4) is 0 Å². The average Bonchev–Trinajstić information content (AvgIpc) is 2.01. The Balaban J connectivity index is 3.61. The van der Waals surface area contributed by atoms with E-state index in [1.165, 1.54) is 0 Å². The Kier molecular flexibility index (Phi) is 5.59. The molecule has 1 atom stereocenters. The summed E-state index contributed by atoms with van der Waals surface area (Å²) < 4.78 is 0. The van der Waals surface area contributed by atoms with Gasteiger partial charge in [0.2, 0.25) is 5.91 Å². The molecule has 0 aromatic heterocycles. The highest BCUT2D eigenvalue weighted by Gasteiger charge is 2.07. The Morgan fingerprint density at radius 2 is 2.15 bits per heavy atom. The average molecular weight is 185 g/mol. The third-order valence-corrected chi connectivity index (χ3v) is 1.49. The smallest absolute Gasteiger partial charge is 0.303 e. The number of carboxylic acid groups (broad SMARTS) is 1. The van der Waals surface area contributed by atoms with E-state index in [1.54, 1.807) is 6.08 Å². The summed E-state index contributed by atoms with van der Waals surface area (Å²) in [5.74, 6) is -1.18. The van der Waals surface area contributed by atoms with Crippen LogP contribution in [0.15, 0.2) is 12.7 Å². The molecule has 4 nitrogen and oxygen atoms in total. The fourth-order valence-electron chi connectivity index (χ4n) is 0.876. The van der Waals surface area contributed by atoms with Gasteiger partial charge in [-0.25, -0.2) is 0 Å². The fourth-order valence-corrected chi connectivity index (χ4v) is 0.876. The number of hydrogen-bond donors (Lipinski definition) is 2. The first-order chi connectivity index (χ1) is 6.06. The number of carbonyl (C=O) groups is 2. The highest BCUT2D eigenvalue weighted by Crippen LogP contribution is 1.94. The molecule has 0 spiro atoms. The standard InChI is InChI=1S/C9H15NO3/c1-3-4-7(2)10-8(11)5-6-9(12)13/h3,7H,1,4-6H2,2H3,(H,10,11)(H,12,13). The number of rotatable bonds is 6. The molecule has 0 aliphatic rings. The number of aliphatic carboxylic acids is 1. The van der Waals surface area contributed by atoms with Gasteiger partial charge >= 0.3 is 5.97 Å². The lowest BCUT2D eigenvalue weighted by Gasteiger charge is -2.10. The fraction of sp³-hybridized carbons (Fsp3) is 0.556. The summed E-state index contributed by atoms with van der Waals surface area (Å²) in [6, 6.07) is 0.0267. The summed E-state index contributed by atoms with van der Waals surface area (Å²) in [5.41, 5.74) is 0. The molecule has 0 fully saturated rings. The molecule has 0 heterocycles. The van der Waals surface area contributed by atoms with Crippen LogP contribution in [0.25, 0.3) is 0 Å². The minimum absolute atomic E-state index is 0.0267. The highest BCUT2D eigenvalue weighted by molar-refractivity contribution is 5.80. The Morgan fingerprint density at radius 3 is 2.62 bits per heavy atom. The zero-order chi connectivity index (χ0) is 10.3. The van der Waals surface area contributed by atoms with Crippen LogP contribution in [0, 0.1) is 0 Å². The van der Waals surface area contributed by atoms with Gasteiger partial charge in [0, 0.05) is 12.5 Å². The van der Waals surface area contributed by atoms with Gasteiger partial charge in [-0.1, -0.05) is 6.08 Å². The van der Waals surface area contributed by atoms with Crippen molar-refractivity contribution in [3.63, 3.8) is 0 Å². The first kappa shape index (κ1) is 11.7. The maximum absolute atomic E-state index is 11.0. The van der Waals surface area contributed by atoms with Gasteiger partial charge in [-0.15, -0.1) is 6.58 Å². The van der Waals surface area contributed by atoms with Gasteiger partial charge in [0.1, 0.15) is 0 Å². The summed E-state index contributed by atoms with van der Waals surface area (Å²) in [6.45, 7) is 5.38. The molecule has 0 saturated heterocycles. The van der Waals surface area contributed by atoms with Crippen molar-refractivity contribution in [1.82, 2.24) is 5.32 Å². The first-order valence-corrected chi connectivity index (χ1v) is 4.18. The van der Waals surface area contributed by atoms with Crippen LogP contribution in [-0.4, -0.2) is 23.0 Å². The molecule has 13 heavy (non-hydrogen) atoms. The van der Waals surface area contributed by atoms with E-state index < -0.39 is 5.97 Å². The predicted molar refractivity (Wildman–Crippen MR) is 49.3 cm³/mol. The SMILES string of the molecule is C=CCC(C)NC(=O)CCC(=O)O. The maximum Gasteiger partial charge on any atom is 0.303 e. The van der Waals surface area contributed by atoms with E-state index in [-0.39, 0.29) is 24.8 Å². The Morgan fingerprint density at radius 1 is 1.54 bits per heavy atom. The topological polar surface area (TPSA) is 66.4 Å². The third-order valence-electron chi connectivity index (χ3n) is 1.49. The van der Waals surface area contributed by atoms with Crippen LogP contribution in [0.1, 0.15) is 26.2 Å². The van der Waals surface area contributed by atoms with E-state index in [9.17, 15) is 9.59 Å². The minimum Gasteiger partial charge on any atom is -0.481 e. The summed E-state index contributed by atoms with van der Waals surface area (Å²) in [4.78, 5) is 21.1. The number of nitrogens with one attached hydrogen (secondary N) is 1. The van der Waals surface area contributed by atoms with Crippen LogP contribution < -0.4 is 5.32 Å². The van der Waals surface area contributed by atoms with Gasteiger partial charge < -0.3 is 10.4 Å². The lowest BCUT2D eigenvalue weighted by Crippen LogP contribution is -2.32. The number of carboxylic acids is 1. The zero-order valence-corrected chi connectivity index (χ0v) is 7.75. The molecule has 2 N–H and O–H groups in total. The van der Waals surface area contributed by atoms with E-state index in [1.807, 2.05) is 6.92 Å². The lowest BCUT2D eigenvalue weighted by atomic mass is 10.2. The van der Waals surface area contributed by atoms with Crippen LogP contribution in [0.5, 0.6) is 0 Å². The Labute approximate surface area is 77.6 Å². The second kappa shape index (κ2) is 6.22. The van der Waals surface area contributed by atoms with Crippen molar-refractivity contribution in [3.8, 4) is 0 Å². The minimum atomic E-state index is -0.952. The molecule has 0 aliphatic carbocycles. The number of carbonyl (C=O) groups excluding carboxylic acids is 1. The molecule has 0 radical (unpaired) electrons. The molecule has 0 rings (SSSR count). The normalized spacial score (nSPS) is 11.8.